The Kier molecular flexibility index (Phi) is 12.9. The molecule has 0 amide bonds. The van der Waals surface area contributed by atoms with E-state index in [0.717, 1.165) is 122 Å². The molecule has 92 heavy (non-hydrogen) atoms. The summed E-state index contributed by atoms with van der Waals surface area (Å²) in [6, 6.07) is 48.9. The van der Waals surface area contributed by atoms with Crippen LogP contribution in [0.5, 0.6) is 0 Å². The predicted molar refractivity (Wildman–Crippen MR) is 407 cm³/mol. The molecule has 13 aromatic rings. The largest absolute Gasteiger partial charge is 0.456 e. The summed E-state index contributed by atoms with van der Waals surface area (Å²) in [6.45, 7) is 22.5. The number of para-hydroxylation sites is 1. The van der Waals surface area contributed by atoms with Crippen LogP contribution in [0, 0.1) is 0 Å². The van der Waals surface area contributed by atoms with E-state index in [1.54, 1.807) is 11.3 Å². The van der Waals surface area contributed by atoms with Crippen molar-refractivity contribution in [2.75, 3.05) is 9.80 Å². The second-order valence-corrected chi connectivity index (χ2v) is 30.4. The van der Waals surface area contributed by atoms with Gasteiger partial charge in [0.15, 0.2) is 0 Å². The van der Waals surface area contributed by atoms with Crippen LogP contribution in [0.1, 0.15) is 104 Å². The molecule has 2 aliphatic heterocycles. The van der Waals surface area contributed by atoms with Crippen LogP contribution in [0.25, 0.3) is 80.7 Å². The first-order valence-electron chi connectivity index (χ1n) is 31.6. The molecule has 0 saturated heterocycles. The summed E-state index contributed by atoms with van der Waals surface area (Å²) >= 11 is 1.79. The minimum Gasteiger partial charge on any atom is -0.456 e. The fourth-order valence-corrected chi connectivity index (χ4v) is 16.9. The summed E-state index contributed by atoms with van der Waals surface area (Å²) in [5, 5.41) is 6.59. The van der Waals surface area contributed by atoms with Crippen molar-refractivity contribution >= 4 is 266 Å². The third kappa shape index (κ3) is 8.22. The lowest BCUT2D eigenvalue weighted by atomic mass is 9.33. The second kappa shape index (κ2) is 19.9. The SMILES string of the molecule is [B]c1c([B])c([B])c(-c2cc3c4c(c2)N(c2ccc5c(c2)C(C)(C)CCC5(C)C)c2c(c5oc6ccccc6c5c5c2sc2ccccc25)B4c2ccc(-n4c5ccc(C(C)(C)C)cc5c5cc(C(C)(C)C)ccc54)cc2N3c2c([B])c([B])c([B])c([B])c2[B])c([B])c1[B]. The zero-order valence-corrected chi connectivity index (χ0v) is 54.4. The van der Waals surface area contributed by atoms with E-state index >= 15 is 0 Å². The van der Waals surface area contributed by atoms with Gasteiger partial charge >= 0.3 is 0 Å². The minimum absolute atomic E-state index is 0.0771. The molecule has 0 unspecified atom stereocenters. The van der Waals surface area contributed by atoms with Crippen molar-refractivity contribution in [2.24, 2.45) is 0 Å². The quantitative estimate of drug-likeness (QED) is 0.169. The van der Waals surface area contributed by atoms with E-state index < -0.39 is 6.71 Å². The molecule has 0 saturated carbocycles. The van der Waals surface area contributed by atoms with E-state index in [4.69, 9.17) is 82.9 Å². The van der Waals surface area contributed by atoms with Crippen molar-refractivity contribution in [1.29, 1.82) is 0 Å². The molecule has 3 aromatic heterocycles. The highest BCUT2D eigenvalue weighted by atomic mass is 32.1. The van der Waals surface area contributed by atoms with Crippen LogP contribution in [-0.2, 0) is 21.7 Å². The number of furan rings is 1. The number of hydrogen-bond donors (Lipinski definition) is 0. The van der Waals surface area contributed by atoms with Crippen LogP contribution in [0.15, 0.2) is 138 Å². The number of fused-ring (bicyclic) bond motifs is 17. The maximum absolute atomic E-state index is 7.54. The zero-order valence-electron chi connectivity index (χ0n) is 53.6. The van der Waals surface area contributed by atoms with E-state index in [-0.39, 0.29) is 76.3 Å². The Balaban J connectivity index is 1.12. The van der Waals surface area contributed by atoms with Crippen molar-refractivity contribution in [3.05, 3.63) is 156 Å². The Hall–Kier alpha value is -7.67. The molecule has 3 aliphatic rings. The highest BCUT2D eigenvalue weighted by Gasteiger charge is 2.48. The Morgan fingerprint density at radius 1 is 0.457 bits per heavy atom. The monoisotopic (exact) mass is 1180 g/mol. The molecule has 5 heterocycles. The molecule has 0 atom stereocenters. The Bertz CT molecular complexity index is 5360. The van der Waals surface area contributed by atoms with Gasteiger partial charge in [0.25, 0.3) is 6.71 Å². The van der Waals surface area contributed by atoms with Crippen molar-refractivity contribution in [1.82, 2.24) is 4.57 Å². The average Bonchev–Trinajstić information content (AvgIpc) is 1.01. The summed E-state index contributed by atoms with van der Waals surface area (Å²) in [5.41, 5.74) is 18.7. The predicted octanol–water partition coefficient (Wildman–Crippen LogP) is 7.68. The average molecular weight is 1180 g/mol. The first kappa shape index (κ1) is 59.4. The third-order valence-corrected chi connectivity index (χ3v) is 22.1. The summed E-state index contributed by atoms with van der Waals surface area (Å²) < 4.78 is 12.1. The Morgan fingerprint density at radius 2 is 0.989 bits per heavy atom. The van der Waals surface area contributed by atoms with Crippen LogP contribution < -0.4 is 80.8 Å². The second-order valence-electron chi connectivity index (χ2n) is 29.3. The summed E-state index contributed by atoms with van der Waals surface area (Å²) in [4.78, 5) is 4.56. The number of anilines is 6. The van der Waals surface area contributed by atoms with Gasteiger partial charge in [0.05, 0.1) is 21.4 Å². The molecule has 16 rings (SSSR count). The maximum atomic E-state index is 7.54. The standard InChI is InChI=1S/C76H56B11N3OS/c1-73(2,3)36-19-25-47-42(31-36)43-32-37(74(4,5)6)20-26-48(43)88(47)39-22-24-46-49(34-39)90(69-65(85)63(83)62(82)64(84)66(69)86)51-30-35(54-57(77)59(79)61(81)60(80)58(54)78)29-50-67(51)87(46)68-70(89(50)38-21-23-44-45(33-38)76(9,10)28-27-75(44,7)8)72-56(41-16-12-14-18-53(41)92-72)55-40-15-11-13-17-52(40)91-71(55)68/h11-26,29-34H,27-28H2,1-10H3. The number of thiophene rings is 1. The zero-order chi connectivity index (χ0) is 64.6. The molecule has 16 heteroatoms. The number of benzene rings is 10. The Labute approximate surface area is 556 Å². The normalized spacial score (nSPS) is 15.1. The molecule has 0 spiro atoms. The molecular weight excluding hydrogens is 1120 g/mol. The van der Waals surface area contributed by atoms with Gasteiger partial charge in [-0.15, -0.1) is 44.1 Å². The lowest BCUT2D eigenvalue weighted by Crippen LogP contribution is -2.63. The first-order chi connectivity index (χ1) is 43.6. The van der Waals surface area contributed by atoms with Crippen LogP contribution in [0.2, 0.25) is 0 Å². The number of hydrogen-bond acceptors (Lipinski definition) is 4. The van der Waals surface area contributed by atoms with E-state index in [2.05, 4.69) is 211 Å². The van der Waals surface area contributed by atoms with Gasteiger partial charge in [-0.05, 0) is 157 Å². The molecule has 0 N–H and O–H groups in total. The van der Waals surface area contributed by atoms with Crippen molar-refractivity contribution in [2.45, 2.75) is 104 Å². The highest BCUT2D eigenvalue weighted by molar-refractivity contribution is 7.27. The molecule has 10 aromatic carbocycles. The Morgan fingerprint density at radius 3 is 1.60 bits per heavy atom. The van der Waals surface area contributed by atoms with E-state index in [1.807, 2.05) is 6.07 Å². The van der Waals surface area contributed by atoms with Crippen molar-refractivity contribution in [3.63, 3.8) is 0 Å². The van der Waals surface area contributed by atoms with Gasteiger partial charge in [-0.25, -0.2) is 0 Å². The van der Waals surface area contributed by atoms with Crippen LogP contribution in [0.3, 0.4) is 0 Å². The van der Waals surface area contributed by atoms with E-state index in [0.29, 0.717) is 22.5 Å². The van der Waals surface area contributed by atoms with Gasteiger partial charge in [0.2, 0.25) is 0 Å². The van der Waals surface area contributed by atoms with Crippen molar-refractivity contribution < 1.29 is 4.42 Å². The minimum atomic E-state index is -0.546. The number of aromatic nitrogens is 1. The fourth-order valence-electron chi connectivity index (χ4n) is 15.6. The highest BCUT2D eigenvalue weighted by Crippen LogP contribution is 2.55. The lowest BCUT2D eigenvalue weighted by molar-refractivity contribution is 0.332. The maximum Gasteiger partial charge on any atom is 0.257 e. The van der Waals surface area contributed by atoms with E-state index in [1.165, 1.54) is 22.3 Å². The molecule has 420 valence electrons. The molecule has 1 aliphatic carbocycles. The van der Waals surface area contributed by atoms with Gasteiger partial charge in [0.1, 0.15) is 89.6 Å². The molecule has 0 bridgehead atoms. The lowest BCUT2D eigenvalue weighted by Gasteiger charge is -2.46. The number of rotatable bonds is 4. The first-order valence-corrected chi connectivity index (χ1v) is 32.4. The van der Waals surface area contributed by atoms with Gasteiger partial charge in [0, 0.05) is 71.1 Å². The summed E-state index contributed by atoms with van der Waals surface area (Å²) in [6.07, 6.45) is 2.06. The van der Waals surface area contributed by atoms with Crippen LogP contribution in [0.4, 0.5) is 34.1 Å². The van der Waals surface area contributed by atoms with E-state index in [9.17, 15) is 0 Å². The summed E-state index contributed by atoms with van der Waals surface area (Å²) in [7, 11) is 70.7. The molecule has 0 fully saturated rings. The topological polar surface area (TPSA) is 24.6 Å². The molecular formula is C76H56B11N3OS. The van der Waals surface area contributed by atoms with Gasteiger partial charge in [-0.1, -0.05) is 152 Å². The van der Waals surface area contributed by atoms with Crippen LogP contribution in [-0.4, -0.2) is 89.7 Å². The molecule has 4 nitrogen and oxygen atoms in total. The van der Waals surface area contributed by atoms with Gasteiger partial charge < -0.3 is 18.8 Å². The number of nitrogens with zero attached hydrogens (tertiary/aromatic N) is 3. The smallest absolute Gasteiger partial charge is 0.257 e. The molecule has 20 radical (unpaired) electrons. The van der Waals surface area contributed by atoms with Crippen molar-refractivity contribution in [3.8, 4) is 16.8 Å². The fraction of sp³-hybridized carbons (Fsp3) is 0.211. The summed E-state index contributed by atoms with van der Waals surface area (Å²) in [5.74, 6) is 0. The van der Waals surface area contributed by atoms with Crippen LogP contribution >= 0.6 is 11.3 Å². The van der Waals surface area contributed by atoms with Gasteiger partial charge in [-0.2, -0.15) is 0 Å². The van der Waals surface area contributed by atoms with Gasteiger partial charge in [-0.3, -0.25) is 0 Å². The third-order valence-electron chi connectivity index (χ3n) is 20.9.